The van der Waals surface area contributed by atoms with Crippen molar-refractivity contribution in [3.63, 3.8) is 0 Å². The number of hydrogen-bond donors (Lipinski definition) is 1. The highest BCUT2D eigenvalue weighted by Gasteiger charge is 2.24. The van der Waals surface area contributed by atoms with Crippen molar-refractivity contribution in [1.82, 2.24) is 20.4 Å². The second kappa shape index (κ2) is 8.22. The van der Waals surface area contributed by atoms with E-state index in [2.05, 4.69) is 20.4 Å². The molecule has 25 heavy (non-hydrogen) atoms. The maximum atomic E-state index is 12.4. The highest BCUT2D eigenvalue weighted by Crippen LogP contribution is 2.21. The van der Waals surface area contributed by atoms with Crippen molar-refractivity contribution >= 4 is 5.91 Å². The van der Waals surface area contributed by atoms with Gasteiger partial charge in [0.1, 0.15) is 0 Å². The van der Waals surface area contributed by atoms with Gasteiger partial charge in [0.2, 0.25) is 5.76 Å². The first-order valence-corrected chi connectivity index (χ1v) is 8.61. The third kappa shape index (κ3) is 4.43. The van der Waals surface area contributed by atoms with Gasteiger partial charge in [-0.25, -0.2) is 0 Å². The average Bonchev–Trinajstić information content (AvgIpc) is 3.14. The van der Waals surface area contributed by atoms with Crippen LogP contribution in [0.15, 0.2) is 35.1 Å². The fourth-order valence-electron chi connectivity index (χ4n) is 2.86. The highest BCUT2D eigenvalue weighted by atomic mass is 16.5. The van der Waals surface area contributed by atoms with E-state index in [1.54, 1.807) is 12.3 Å². The predicted molar refractivity (Wildman–Crippen MR) is 92.3 cm³/mol. The first kappa shape index (κ1) is 17.6. The molecule has 1 unspecified atom stereocenters. The van der Waals surface area contributed by atoms with Crippen LogP contribution in [0.5, 0.6) is 0 Å². The average molecular weight is 344 g/mol. The molecule has 7 heteroatoms. The molecule has 1 N–H and O–H groups in total. The molecule has 0 bridgehead atoms. The molecule has 3 rings (SSSR count). The Morgan fingerprint density at radius 1 is 1.36 bits per heavy atom. The van der Waals surface area contributed by atoms with Gasteiger partial charge in [0.15, 0.2) is 0 Å². The largest absolute Gasteiger partial charge is 0.379 e. The molecule has 0 radical (unpaired) electrons. The lowest BCUT2D eigenvalue weighted by Crippen LogP contribution is -2.43. The van der Waals surface area contributed by atoms with Crippen molar-refractivity contribution in [2.75, 3.05) is 32.8 Å². The Kier molecular flexibility index (Phi) is 5.78. The lowest BCUT2D eigenvalue weighted by molar-refractivity contribution is 0.0161. The van der Waals surface area contributed by atoms with E-state index in [1.165, 1.54) is 0 Å². The Morgan fingerprint density at radius 2 is 2.16 bits per heavy atom. The second-order valence-corrected chi connectivity index (χ2v) is 6.43. The molecular formula is C18H24N4O3. The number of rotatable bonds is 6. The summed E-state index contributed by atoms with van der Waals surface area (Å²) in [7, 11) is 0. The second-order valence-electron chi connectivity index (χ2n) is 6.43. The molecule has 134 valence electrons. The fraction of sp³-hybridized carbons (Fsp3) is 0.500. The number of morpholine rings is 1. The summed E-state index contributed by atoms with van der Waals surface area (Å²) in [5, 5.41) is 6.90. The maximum Gasteiger partial charge on any atom is 0.289 e. The van der Waals surface area contributed by atoms with Gasteiger partial charge < -0.3 is 14.6 Å². The van der Waals surface area contributed by atoms with Crippen LogP contribution in [0, 0.1) is 0 Å². The van der Waals surface area contributed by atoms with Gasteiger partial charge in [0.05, 0.1) is 24.9 Å². The van der Waals surface area contributed by atoms with E-state index in [9.17, 15) is 4.79 Å². The zero-order valence-electron chi connectivity index (χ0n) is 14.6. The molecule has 0 aliphatic carbocycles. The first-order valence-electron chi connectivity index (χ1n) is 8.61. The van der Waals surface area contributed by atoms with Gasteiger partial charge >= 0.3 is 0 Å². The molecule has 1 saturated heterocycles. The van der Waals surface area contributed by atoms with Crippen molar-refractivity contribution in [3.8, 4) is 0 Å². The standard InChI is InChI=1S/C18H24N4O3/c1-13(2)15-10-17(25-21-15)18(23)20-12-16(14-4-3-5-19-11-14)22-6-8-24-9-7-22/h3-5,10-11,13,16H,6-9,12H2,1-2H3,(H,20,23). The Bertz CT molecular complexity index is 681. The summed E-state index contributed by atoms with van der Waals surface area (Å²) in [6.45, 7) is 7.55. The number of hydrogen-bond acceptors (Lipinski definition) is 6. The van der Waals surface area contributed by atoms with E-state index >= 15 is 0 Å². The van der Waals surface area contributed by atoms with Crippen LogP contribution in [0.25, 0.3) is 0 Å². The van der Waals surface area contributed by atoms with Gasteiger partial charge in [0, 0.05) is 38.1 Å². The maximum absolute atomic E-state index is 12.4. The number of nitrogens with zero attached hydrogens (tertiary/aromatic N) is 3. The lowest BCUT2D eigenvalue weighted by Gasteiger charge is -2.34. The normalized spacial score (nSPS) is 16.8. The number of amides is 1. The van der Waals surface area contributed by atoms with Gasteiger partial charge in [-0.2, -0.15) is 0 Å². The van der Waals surface area contributed by atoms with E-state index in [0.717, 1.165) is 24.3 Å². The Morgan fingerprint density at radius 3 is 2.80 bits per heavy atom. The molecule has 1 aliphatic rings. The van der Waals surface area contributed by atoms with Gasteiger partial charge in [-0.1, -0.05) is 25.1 Å². The molecule has 2 aromatic heterocycles. The van der Waals surface area contributed by atoms with Gasteiger partial charge in [-0.3, -0.25) is 14.7 Å². The summed E-state index contributed by atoms with van der Waals surface area (Å²) in [4.78, 5) is 18.9. The third-order valence-corrected chi connectivity index (χ3v) is 4.36. The predicted octanol–water partition coefficient (Wildman–Crippen LogP) is 2.00. The van der Waals surface area contributed by atoms with Crippen LogP contribution in [-0.4, -0.2) is 53.8 Å². The van der Waals surface area contributed by atoms with Crippen LogP contribution in [0.2, 0.25) is 0 Å². The summed E-state index contributed by atoms with van der Waals surface area (Å²) in [5.74, 6) is 0.221. The molecule has 1 atom stereocenters. The summed E-state index contributed by atoms with van der Waals surface area (Å²) in [5.41, 5.74) is 1.85. The summed E-state index contributed by atoms with van der Waals surface area (Å²) in [6.07, 6.45) is 3.60. The quantitative estimate of drug-likeness (QED) is 0.863. The van der Waals surface area contributed by atoms with Gasteiger partial charge in [-0.15, -0.1) is 0 Å². The van der Waals surface area contributed by atoms with Gasteiger partial charge in [0.25, 0.3) is 5.91 Å². The molecule has 0 spiro atoms. The van der Waals surface area contributed by atoms with Crippen molar-refractivity contribution in [3.05, 3.63) is 47.6 Å². The summed E-state index contributed by atoms with van der Waals surface area (Å²) in [6, 6.07) is 5.70. The minimum atomic E-state index is -0.249. The van der Waals surface area contributed by atoms with Crippen molar-refractivity contribution in [2.45, 2.75) is 25.8 Å². The van der Waals surface area contributed by atoms with Crippen LogP contribution in [0.4, 0.5) is 0 Å². The van der Waals surface area contributed by atoms with E-state index in [-0.39, 0.29) is 23.6 Å². The summed E-state index contributed by atoms with van der Waals surface area (Å²) >= 11 is 0. The molecule has 0 aromatic carbocycles. The first-order chi connectivity index (χ1) is 12.1. The number of ether oxygens (including phenoxy) is 1. The monoisotopic (exact) mass is 344 g/mol. The minimum Gasteiger partial charge on any atom is -0.379 e. The summed E-state index contributed by atoms with van der Waals surface area (Å²) < 4.78 is 10.6. The van der Waals surface area contributed by atoms with Crippen LogP contribution in [0.3, 0.4) is 0 Å². The van der Waals surface area contributed by atoms with Crippen LogP contribution in [-0.2, 0) is 4.74 Å². The molecule has 1 aliphatic heterocycles. The van der Waals surface area contributed by atoms with E-state index < -0.39 is 0 Å². The fourth-order valence-corrected chi connectivity index (χ4v) is 2.86. The number of carbonyl (C=O) groups is 1. The Hall–Kier alpha value is -2.25. The minimum absolute atomic E-state index is 0.0500. The lowest BCUT2D eigenvalue weighted by atomic mass is 10.1. The number of aromatic nitrogens is 2. The van der Waals surface area contributed by atoms with E-state index in [1.807, 2.05) is 32.2 Å². The number of carbonyl (C=O) groups excluding carboxylic acids is 1. The smallest absolute Gasteiger partial charge is 0.289 e. The zero-order valence-corrected chi connectivity index (χ0v) is 14.6. The third-order valence-electron chi connectivity index (χ3n) is 4.36. The topological polar surface area (TPSA) is 80.5 Å². The molecule has 2 aromatic rings. The Balaban J connectivity index is 1.68. The van der Waals surface area contributed by atoms with Crippen molar-refractivity contribution < 1.29 is 14.1 Å². The molecule has 7 nitrogen and oxygen atoms in total. The number of nitrogens with one attached hydrogen (secondary N) is 1. The van der Waals surface area contributed by atoms with Crippen LogP contribution >= 0.6 is 0 Å². The molecule has 1 fully saturated rings. The van der Waals surface area contributed by atoms with Crippen LogP contribution < -0.4 is 5.32 Å². The van der Waals surface area contributed by atoms with E-state index in [0.29, 0.717) is 19.8 Å². The Labute approximate surface area is 147 Å². The van der Waals surface area contributed by atoms with Crippen molar-refractivity contribution in [1.29, 1.82) is 0 Å². The highest BCUT2D eigenvalue weighted by molar-refractivity contribution is 5.91. The van der Waals surface area contributed by atoms with Crippen molar-refractivity contribution in [2.24, 2.45) is 0 Å². The van der Waals surface area contributed by atoms with Crippen LogP contribution in [0.1, 0.15) is 47.6 Å². The molecule has 0 saturated carbocycles. The van der Waals surface area contributed by atoms with E-state index in [4.69, 9.17) is 9.26 Å². The molecular weight excluding hydrogens is 320 g/mol. The SMILES string of the molecule is CC(C)c1cc(C(=O)NCC(c2cccnc2)N2CCOCC2)on1. The molecule has 1 amide bonds. The van der Waals surface area contributed by atoms with Gasteiger partial charge in [-0.05, 0) is 17.5 Å². The zero-order chi connectivity index (χ0) is 17.6. The number of pyridine rings is 1. The molecule has 3 heterocycles.